The first-order valence-electron chi connectivity index (χ1n) is 11.7. The van der Waals surface area contributed by atoms with E-state index in [1.165, 1.54) is 17.5 Å². The minimum atomic E-state index is -0.585. The zero-order chi connectivity index (χ0) is 20.7. The fourth-order valence-corrected chi connectivity index (χ4v) is 4.98. The van der Waals surface area contributed by atoms with Crippen molar-refractivity contribution in [1.29, 1.82) is 0 Å². The first-order chi connectivity index (χ1) is 14.7. The molecular weight excluding hydrogens is 408 g/mol. The van der Waals surface area contributed by atoms with E-state index in [2.05, 4.69) is 58.7 Å². The maximum absolute atomic E-state index is 11.6. The first-order valence-corrected chi connectivity index (χ1v) is 11.7. The van der Waals surface area contributed by atoms with E-state index in [0.29, 0.717) is 6.61 Å². The van der Waals surface area contributed by atoms with Crippen molar-refractivity contribution in [3.63, 3.8) is 0 Å². The van der Waals surface area contributed by atoms with E-state index in [0.717, 1.165) is 70.6 Å². The lowest BCUT2D eigenvalue weighted by Crippen LogP contribution is -2.49. The Hall–Kier alpha value is -1.59. The van der Waals surface area contributed by atoms with Crippen molar-refractivity contribution in [2.24, 2.45) is 0 Å². The van der Waals surface area contributed by atoms with E-state index < -0.39 is 5.60 Å². The third kappa shape index (κ3) is 6.69. The van der Waals surface area contributed by atoms with Crippen LogP contribution in [0.1, 0.15) is 49.1 Å². The van der Waals surface area contributed by atoms with Crippen LogP contribution in [0.25, 0.3) is 0 Å². The van der Waals surface area contributed by atoms with Gasteiger partial charge in [0.1, 0.15) is 5.75 Å². The van der Waals surface area contributed by atoms with Gasteiger partial charge in [-0.2, -0.15) is 0 Å². The van der Waals surface area contributed by atoms with Gasteiger partial charge in [0.05, 0.1) is 12.2 Å². The molecule has 1 aliphatic heterocycles. The van der Waals surface area contributed by atoms with Gasteiger partial charge < -0.3 is 20.1 Å². The fraction of sp³-hybridized carbons (Fsp3) is 0.538. The zero-order valence-electron chi connectivity index (χ0n) is 18.5. The normalized spacial score (nSPS) is 19.9. The molecule has 0 aromatic heterocycles. The number of piperazine rings is 1. The molecule has 1 atom stereocenters. The Balaban J connectivity index is 0.00000272. The molecule has 0 bridgehead atoms. The molecular formula is C26H37ClN2O2. The van der Waals surface area contributed by atoms with Gasteiger partial charge in [0.15, 0.2) is 0 Å². The lowest BCUT2D eigenvalue weighted by molar-refractivity contribution is -0.0316. The summed E-state index contributed by atoms with van der Waals surface area (Å²) in [7, 11) is 0. The molecule has 4 rings (SSSR count). The standard InChI is InChI=1S/C26H36N2O2.ClH/c29-26(14-5-2-6-15-26)25(21-28-18-16-27-17-19-28)23-9-11-24(12-10-23)30-20-13-22-7-3-1-4-8-22;/h1,3-4,7-12,25,27,29H,2,5-6,13-21H2;1H. The van der Waals surface area contributed by atoms with Crippen LogP contribution in [0.2, 0.25) is 0 Å². The summed E-state index contributed by atoms with van der Waals surface area (Å²) in [6, 6.07) is 19.0. The third-order valence-electron chi connectivity index (χ3n) is 6.80. The third-order valence-corrected chi connectivity index (χ3v) is 6.80. The van der Waals surface area contributed by atoms with Crippen LogP contribution in [0.15, 0.2) is 54.6 Å². The van der Waals surface area contributed by atoms with Crippen LogP contribution in [0.5, 0.6) is 5.75 Å². The molecule has 1 unspecified atom stereocenters. The number of rotatable bonds is 8. The maximum atomic E-state index is 11.6. The summed E-state index contributed by atoms with van der Waals surface area (Å²) in [5.41, 5.74) is 1.96. The molecule has 1 saturated carbocycles. The number of hydrogen-bond acceptors (Lipinski definition) is 4. The summed E-state index contributed by atoms with van der Waals surface area (Å²) >= 11 is 0. The number of nitrogens with one attached hydrogen (secondary N) is 1. The van der Waals surface area contributed by atoms with Crippen molar-refractivity contribution in [2.75, 3.05) is 39.3 Å². The molecule has 4 nitrogen and oxygen atoms in total. The average Bonchev–Trinajstić information content (AvgIpc) is 2.80. The summed E-state index contributed by atoms with van der Waals surface area (Å²) < 4.78 is 5.98. The molecule has 5 heteroatoms. The highest BCUT2D eigenvalue weighted by Gasteiger charge is 2.39. The van der Waals surface area contributed by atoms with Crippen LogP contribution < -0.4 is 10.1 Å². The van der Waals surface area contributed by atoms with Crippen LogP contribution in [0.4, 0.5) is 0 Å². The number of hydrogen-bond donors (Lipinski definition) is 2. The van der Waals surface area contributed by atoms with Crippen molar-refractivity contribution in [3.05, 3.63) is 65.7 Å². The number of aliphatic hydroxyl groups is 1. The second-order valence-corrected chi connectivity index (χ2v) is 8.92. The van der Waals surface area contributed by atoms with Crippen LogP contribution >= 0.6 is 12.4 Å². The van der Waals surface area contributed by atoms with E-state index in [-0.39, 0.29) is 18.3 Å². The van der Waals surface area contributed by atoms with Gasteiger partial charge in [-0.15, -0.1) is 12.4 Å². The number of benzene rings is 2. The molecule has 0 spiro atoms. The van der Waals surface area contributed by atoms with Gasteiger partial charge >= 0.3 is 0 Å². The predicted molar refractivity (Wildman–Crippen MR) is 129 cm³/mol. The van der Waals surface area contributed by atoms with E-state index in [1.807, 2.05) is 6.07 Å². The van der Waals surface area contributed by atoms with E-state index >= 15 is 0 Å². The lowest BCUT2D eigenvalue weighted by atomic mass is 9.72. The Kier molecular flexibility index (Phi) is 9.21. The summed E-state index contributed by atoms with van der Waals surface area (Å²) in [4.78, 5) is 2.51. The van der Waals surface area contributed by atoms with Crippen molar-refractivity contribution in [3.8, 4) is 5.75 Å². The Morgan fingerprint density at radius 3 is 2.29 bits per heavy atom. The molecule has 2 aromatic carbocycles. The summed E-state index contributed by atoms with van der Waals surface area (Å²) in [5, 5.41) is 15.0. The molecule has 2 fully saturated rings. The highest BCUT2D eigenvalue weighted by Crippen LogP contribution is 2.40. The van der Waals surface area contributed by atoms with Crippen molar-refractivity contribution < 1.29 is 9.84 Å². The molecule has 31 heavy (non-hydrogen) atoms. The average molecular weight is 445 g/mol. The molecule has 1 aliphatic carbocycles. The number of ether oxygens (including phenoxy) is 1. The van der Waals surface area contributed by atoms with Crippen molar-refractivity contribution >= 4 is 12.4 Å². The van der Waals surface area contributed by atoms with Crippen LogP contribution in [-0.4, -0.2) is 54.9 Å². The Bertz CT molecular complexity index is 757. The lowest BCUT2D eigenvalue weighted by Gasteiger charge is -2.42. The zero-order valence-corrected chi connectivity index (χ0v) is 19.3. The van der Waals surface area contributed by atoms with E-state index in [1.54, 1.807) is 0 Å². The van der Waals surface area contributed by atoms with Gasteiger partial charge in [0, 0.05) is 45.1 Å². The molecule has 2 aliphatic rings. The molecule has 1 heterocycles. The van der Waals surface area contributed by atoms with Crippen LogP contribution in [0, 0.1) is 0 Å². The Morgan fingerprint density at radius 1 is 0.935 bits per heavy atom. The monoisotopic (exact) mass is 444 g/mol. The summed E-state index contributed by atoms with van der Waals surface area (Å²) in [5.74, 6) is 1.07. The van der Waals surface area contributed by atoms with Crippen LogP contribution in [0.3, 0.4) is 0 Å². The Morgan fingerprint density at radius 2 is 1.61 bits per heavy atom. The van der Waals surface area contributed by atoms with Gasteiger partial charge in [-0.05, 0) is 36.1 Å². The molecule has 170 valence electrons. The largest absolute Gasteiger partial charge is 0.493 e. The topological polar surface area (TPSA) is 44.7 Å². The second kappa shape index (κ2) is 11.9. The molecule has 2 aromatic rings. The minimum Gasteiger partial charge on any atom is -0.493 e. The van der Waals surface area contributed by atoms with E-state index in [4.69, 9.17) is 4.74 Å². The number of nitrogens with zero attached hydrogens (tertiary/aromatic N) is 1. The van der Waals surface area contributed by atoms with Crippen LogP contribution in [-0.2, 0) is 6.42 Å². The molecule has 0 radical (unpaired) electrons. The first kappa shape index (κ1) is 24.1. The van der Waals surface area contributed by atoms with E-state index in [9.17, 15) is 5.11 Å². The number of halogens is 1. The van der Waals surface area contributed by atoms with Gasteiger partial charge in [0.2, 0.25) is 0 Å². The molecule has 1 saturated heterocycles. The maximum Gasteiger partial charge on any atom is 0.119 e. The highest BCUT2D eigenvalue weighted by atomic mass is 35.5. The SMILES string of the molecule is Cl.OC1(C(CN2CCNCC2)c2ccc(OCCc3ccccc3)cc2)CCCCC1. The molecule has 0 amide bonds. The summed E-state index contributed by atoms with van der Waals surface area (Å²) in [6.45, 7) is 5.82. The van der Waals surface area contributed by atoms with Gasteiger partial charge in [0.25, 0.3) is 0 Å². The minimum absolute atomic E-state index is 0. The smallest absolute Gasteiger partial charge is 0.119 e. The van der Waals surface area contributed by atoms with Crippen molar-refractivity contribution in [1.82, 2.24) is 10.2 Å². The van der Waals surface area contributed by atoms with Gasteiger partial charge in [-0.25, -0.2) is 0 Å². The van der Waals surface area contributed by atoms with Crippen molar-refractivity contribution in [2.45, 2.75) is 50.0 Å². The van der Waals surface area contributed by atoms with Gasteiger partial charge in [-0.1, -0.05) is 61.7 Å². The quantitative estimate of drug-likeness (QED) is 0.632. The highest BCUT2D eigenvalue weighted by molar-refractivity contribution is 5.85. The Labute approximate surface area is 193 Å². The second-order valence-electron chi connectivity index (χ2n) is 8.92. The summed E-state index contributed by atoms with van der Waals surface area (Å²) in [6.07, 6.45) is 6.26. The van der Waals surface area contributed by atoms with Gasteiger partial charge in [-0.3, -0.25) is 0 Å². The molecule has 2 N–H and O–H groups in total. The predicted octanol–water partition coefficient (Wildman–Crippen LogP) is 4.41. The fourth-order valence-electron chi connectivity index (χ4n) is 4.98.